The van der Waals surface area contributed by atoms with Gasteiger partial charge < -0.3 is 9.42 Å². The molecule has 1 aliphatic rings. The smallest absolute Gasteiger partial charge is 0.222 e. The van der Waals surface area contributed by atoms with Gasteiger partial charge in [-0.2, -0.15) is 0 Å². The molecular weight excluding hydrogens is 364 g/mol. The molecule has 6 heteroatoms. The van der Waals surface area contributed by atoms with Crippen molar-refractivity contribution in [1.82, 2.24) is 20.0 Å². The average Bonchev–Trinajstić information content (AvgIpc) is 3.11. The second kappa shape index (κ2) is 8.55. The molecule has 1 fully saturated rings. The third-order valence-corrected chi connectivity index (χ3v) is 5.70. The van der Waals surface area contributed by atoms with E-state index in [2.05, 4.69) is 27.3 Å². The highest BCUT2D eigenvalue weighted by molar-refractivity contribution is 5.76. The van der Waals surface area contributed by atoms with Gasteiger partial charge in [0.05, 0.1) is 28.8 Å². The van der Waals surface area contributed by atoms with E-state index < -0.39 is 0 Å². The first-order chi connectivity index (χ1) is 14.1. The Morgan fingerprint density at radius 3 is 2.48 bits per heavy atom. The molecule has 3 heterocycles. The fourth-order valence-electron chi connectivity index (χ4n) is 4.01. The largest absolute Gasteiger partial charge is 0.361 e. The SMILES string of the molecule is Cc1noc(C)c1-c1cnc(C2CCN(C(=O)CCc3ccccc3)CC2)cn1. The van der Waals surface area contributed by atoms with Gasteiger partial charge in [-0.25, -0.2) is 0 Å². The summed E-state index contributed by atoms with van der Waals surface area (Å²) in [4.78, 5) is 23.8. The Kier molecular flexibility index (Phi) is 5.69. The fraction of sp³-hybridized carbons (Fsp3) is 0.391. The molecule has 0 aliphatic carbocycles. The number of amides is 1. The molecule has 4 rings (SSSR count). The molecule has 0 spiro atoms. The number of benzene rings is 1. The minimum Gasteiger partial charge on any atom is -0.361 e. The summed E-state index contributed by atoms with van der Waals surface area (Å²) in [5.74, 6) is 1.35. The number of piperidine rings is 1. The van der Waals surface area contributed by atoms with Crippen LogP contribution >= 0.6 is 0 Å². The highest BCUT2D eigenvalue weighted by Crippen LogP contribution is 2.29. The molecule has 0 unspecified atom stereocenters. The van der Waals surface area contributed by atoms with Crippen LogP contribution in [0.15, 0.2) is 47.2 Å². The molecular formula is C23H26N4O2. The molecule has 1 aromatic carbocycles. The van der Waals surface area contributed by atoms with Crippen molar-refractivity contribution >= 4 is 5.91 Å². The summed E-state index contributed by atoms with van der Waals surface area (Å²) in [5.41, 5.74) is 4.74. The maximum absolute atomic E-state index is 12.5. The Bertz CT molecular complexity index is 939. The van der Waals surface area contributed by atoms with Gasteiger partial charge in [0.2, 0.25) is 5.91 Å². The van der Waals surface area contributed by atoms with E-state index in [1.54, 1.807) is 6.20 Å². The highest BCUT2D eigenvalue weighted by atomic mass is 16.5. The molecule has 2 aromatic heterocycles. The molecule has 0 atom stereocenters. The molecule has 1 amide bonds. The first kappa shape index (κ1) is 19.3. The molecule has 29 heavy (non-hydrogen) atoms. The number of likely N-dealkylation sites (tertiary alicyclic amines) is 1. The van der Waals surface area contributed by atoms with E-state index in [1.807, 2.05) is 43.1 Å². The molecule has 1 saturated heterocycles. The molecule has 0 saturated carbocycles. The Hall–Kier alpha value is -3.02. The lowest BCUT2D eigenvalue weighted by Gasteiger charge is -2.31. The zero-order valence-electron chi connectivity index (χ0n) is 17.0. The van der Waals surface area contributed by atoms with Crippen LogP contribution in [-0.4, -0.2) is 39.0 Å². The predicted molar refractivity (Wildman–Crippen MR) is 110 cm³/mol. The average molecular weight is 390 g/mol. The number of nitrogens with zero attached hydrogens (tertiary/aromatic N) is 4. The maximum atomic E-state index is 12.5. The summed E-state index contributed by atoms with van der Waals surface area (Å²) in [6.07, 6.45) is 6.89. The second-order valence-corrected chi connectivity index (χ2v) is 7.67. The van der Waals surface area contributed by atoms with Gasteiger partial charge >= 0.3 is 0 Å². The topological polar surface area (TPSA) is 72.1 Å². The lowest BCUT2D eigenvalue weighted by atomic mass is 9.93. The molecule has 150 valence electrons. The van der Waals surface area contributed by atoms with Crippen LogP contribution in [-0.2, 0) is 11.2 Å². The van der Waals surface area contributed by atoms with E-state index in [0.717, 1.165) is 60.8 Å². The van der Waals surface area contributed by atoms with Crippen molar-refractivity contribution in [2.45, 2.75) is 45.4 Å². The Morgan fingerprint density at radius 1 is 1.10 bits per heavy atom. The lowest BCUT2D eigenvalue weighted by molar-refractivity contribution is -0.132. The third-order valence-electron chi connectivity index (χ3n) is 5.70. The maximum Gasteiger partial charge on any atom is 0.222 e. The molecule has 0 bridgehead atoms. The molecule has 3 aromatic rings. The highest BCUT2D eigenvalue weighted by Gasteiger charge is 2.25. The molecule has 0 N–H and O–H groups in total. The van der Waals surface area contributed by atoms with Gasteiger partial charge in [-0.1, -0.05) is 35.5 Å². The van der Waals surface area contributed by atoms with E-state index in [9.17, 15) is 4.79 Å². The number of carbonyl (C=O) groups is 1. The van der Waals surface area contributed by atoms with E-state index >= 15 is 0 Å². The summed E-state index contributed by atoms with van der Waals surface area (Å²) in [6, 6.07) is 10.2. The molecule has 0 radical (unpaired) electrons. The van der Waals surface area contributed by atoms with Crippen molar-refractivity contribution in [3.63, 3.8) is 0 Å². The van der Waals surface area contributed by atoms with Crippen LogP contribution in [0, 0.1) is 13.8 Å². The van der Waals surface area contributed by atoms with Gasteiger partial charge in [-0.3, -0.25) is 14.8 Å². The van der Waals surface area contributed by atoms with Gasteiger partial charge in [-0.05, 0) is 38.7 Å². The van der Waals surface area contributed by atoms with E-state index in [4.69, 9.17) is 4.52 Å². The van der Waals surface area contributed by atoms with Crippen LogP contribution in [0.3, 0.4) is 0 Å². The molecule has 1 aliphatic heterocycles. The van der Waals surface area contributed by atoms with E-state index in [0.29, 0.717) is 12.3 Å². The fourth-order valence-corrected chi connectivity index (χ4v) is 4.01. The van der Waals surface area contributed by atoms with Crippen molar-refractivity contribution in [3.8, 4) is 11.3 Å². The standard InChI is InChI=1S/C23H26N4O2/c1-16-23(17(2)29-26-16)21-15-24-20(14-25-21)19-10-12-27(13-11-19)22(28)9-8-18-6-4-3-5-7-18/h3-7,14-15,19H,8-13H2,1-2H3. The second-order valence-electron chi connectivity index (χ2n) is 7.67. The Balaban J connectivity index is 1.32. The van der Waals surface area contributed by atoms with Gasteiger partial charge in [0, 0.05) is 31.6 Å². The monoisotopic (exact) mass is 390 g/mol. The minimum atomic E-state index is 0.243. The number of hydrogen-bond donors (Lipinski definition) is 0. The van der Waals surface area contributed by atoms with Gasteiger partial charge in [0.1, 0.15) is 5.76 Å². The van der Waals surface area contributed by atoms with Crippen molar-refractivity contribution < 1.29 is 9.32 Å². The summed E-state index contributed by atoms with van der Waals surface area (Å²) >= 11 is 0. The summed E-state index contributed by atoms with van der Waals surface area (Å²) in [6.45, 7) is 5.36. The number of rotatable bonds is 5. The number of carbonyl (C=O) groups excluding carboxylic acids is 1. The normalized spacial score (nSPS) is 14.9. The van der Waals surface area contributed by atoms with Crippen LogP contribution in [0.5, 0.6) is 0 Å². The predicted octanol–water partition coefficient (Wildman–Crippen LogP) is 4.09. The van der Waals surface area contributed by atoms with Gasteiger partial charge in [-0.15, -0.1) is 0 Å². The molecule has 6 nitrogen and oxygen atoms in total. The van der Waals surface area contributed by atoms with E-state index in [-0.39, 0.29) is 5.91 Å². The van der Waals surface area contributed by atoms with Crippen LogP contribution in [0.4, 0.5) is 0 Å². The third kappa shape index (κ3) is 4.36. The van der Waals surface area contributed by atoms with Crippen LogP contribution in [0.2, 0.25) is 0 Å². The van der Waals surface area contributed by atoms with Crippen LogP contribution in [0.25, 0.3) is 11.3 Å². The lowest BCUT2D eigenvalue weighted by Crippen LogP contribution is -2.38. The van der Waals surface area contributed by atoms with E-state index in [1.165, 1.54) is 5.56 Å². The van der Waals surface area contributed by atoms with Gasteiger partial charge in [0.15, 0.2) is 0 Å². The first-order valence-electron chi connectivity index (χ1n) is 10.2. The number of aryl methyl sites for hydroxylation is 3. The van der Waals surface area contributed by atoms with Crippen molar-refractivity contribution in [1.29, 1.82) is 0 Å². The zero-order chi connectivity index (χ0) is 20.2. The van der Waals surface area contributed by atoms with Crippen LogP contribution < -0.4 is 0 Å². The van der Waals surface area contributed by atoms with Crippen molar-refractivity contribution in [2.75, 3.05) is 13.1 Å². The summed E-state index contributed by atoms with van der Waals surface area (Å²) in [7, 11) is 0. The number of aromatic nitrogens is 3. The summed E-state index contributed by atoms with van der Waals surface area (Å²) in [5, 5.41) is 3.98. The quantitative estimate of drug-likeness (QED) is 0.656. The minimum absolute atomic E-state index is 0.243. The van der Waals surface area contributed by atoms with Gasteiger partial charge in [0.25, 0.3) is 0 Å². The number of hydrogen-bond acceptors (Lipinski definition) is 5. The van der Waals surface area contributed by atoms with Crippen molar-refractivity contribution in [3.05, 3.63) is 65.4 Å². The first-order valence-corrected chi connectivity index (χ1v) is 10.2. The zero-order valence-corrected chi connectivity index (χ0v) is 17.0. The Morgan fingerprint density at radius 2 is 1.86 bits per heavy atom. The van der Waals surface area contributed by atoms with Crippen molar-refractivity contribution in [2.24, 2.45) is 0 Å². The Labute approximate surface area is 171 Å². The van der Waals surface area contributed by atoms with Crippen LogP contribution in [0.1, 0.15) is 47.9 Å². The summed E-state index contributed by atoms with van der Waals surface area (Å²) < 4.78 is 5.22.